The molecular formula is C19H18Cl2N2O2. The standard InChI is InChI=1S/C19H18Cl2N2O2/c1-2-25-17-8-6-16(7-9-17)23(11-3-10-22)19(24)12-14-4-5-15(20)13-18(14)21/h4-9,13H,2-3,11-12H2,1H3. The molecule has 130 valence electrons. The van der Waals surface area contributed by atoms with E-state index in [0.717, 1.165) is 5.75 Å². The Morgan fingerprint density at radius 1 is 1.20 bits per heavy atom. The van der Waals surface area contributed by atoms with Gasteiger partial charge in [-0.3, -0.25) is 4.79 Å². The second-order valence-corrected chi connectivity index (χ2v) is 6.14. The highest BCUT2D eigenvalue weighted by Gasteiger charge is 2.17. The number of ether oxygens (including phenoxy) is 1. The lowest BCUT2D eigenvalue weighted by Crippen LogP contribution is -2.33. The van der Waals surface area contributed by atoms with Gasteiger partial charge in [0, 0.05) is 22.3 Å². The molecule has 0 unspecified atom stereocenters. The van der Waals surface area contributed by atoms with Gasteiger partial charge in [0.1, 0.15) is 5.75 Å². The molecule has 0 atom stereocenters. The summed E-state index contributed by atoms with van der Waals surface area (Å²) < 4.78 is 5.42. The van der Waals surface area contributed by atoms with Gasteiger partial charge in [0.25, 0.3) is 0 Å². The molecule has 0 aliphatic heterocycles. The number of nitriles is 1. The van der Waals surface area contributed by atoms with Crippen LogP contribution in [0.2, 0.25) is 10.0 Å². The number of nitrogens with zero attached hydrogens (tertiary/aromatic N) is 2. The topological polar surface area (TPSA) is 53.3 Å². The molecule has 2 rings (SSSR count). The molecule has 0 bridgehead atoms. The Bertz CT molecular complexity index is 770. The summed E-state index contributed by atoms with van der Waals surface area (Å²) in [4.78, 5) is 14.3. The molecule has 0 saturated carbocycles. The molecule has 0 fully saturated rings. The van der Waals surface area contributed by atoms with Gasteiger partial charge in [-0.05, 0) is 48.9 Å². The van der Waals surface area contributed by atoms with Gasteiger partial charge in [-0.25, -0.2) is 0 Å². The first-order valence-corrected chi connectivity index (χ1v) is 8.65. The van der Waals surface area contributed by atoms with Gasteiger partial charge in [-0.1, -0.05) is 29.3 Å². The monoisotopic (exact) mass is 376 g/mol. The molecule has 1 amide bonds. The van der Waals surface area contributed by atoms with Crippen LogP contribution in [0.25, 0.3) is 0 Å². The Morgan fingerprint density at radius 3 is 2.52 bits per heavy atom. The van der Waals surface area contributed by atoms with E-state index in [9.17, 15) is 4.79 Å². The minimum absolute atomic E-state index is 0.134. The van der Waals surface area contributed by atoms with Crippen LogP contribution < -0.4 is 9.64 Å². The molecule has 0 aliphatic rings. The number of carbonyl (C=O) groups excluding carboxylic acids is 1. The number of carbonyl (C=O) groups is 1. The van der Waals surface area contributed by atoms with Crippen molar-refractivity contribution < 1.29 is 9.53 Å². The highest BCUT2D eigenvalue weighted by atomic mass is 35.5. The normalized spacial score (nSPS) is 10.2. The number of amides is 1. The fourth-order valence-electron chi connectivity index (χ4n) is 2.37. The molecule has 0 aromatic heterocycles. The second kappa shape index (κ2) is 9.31. The maximum absolute atomic E-state index is 12.8. The predicted molar refractivity (Wildman–Crippen MR) is 100 cm³/mol. The van der Waals surface area contributed by atoms with Crippen molar-refractivity contribution in [2.75, 3.05) is 18.1 Å². The molecular weight excluding hydrogens is 359 g/mol. The first-order chi connectivity index (χ1) is 12.0. The first kappa shape index (κ1) is 19.1. The zero-order valence-corrected chi connectivity index (χ0v) is 15.3. The lowest BCUT2D eigenvalue weighted by atomic mass is 10.1. The van der Waals surface area contributed by atoms with E-state index >= 15 is 0 Å². The molecule has 0 N–H and O–H groups in total. The number of hydrogen-bond donors (Lipinski definition) is 0. The highest BCUT2D eigenvalue weighted by molar-refractivity contribution is 6.35. The van der Waals surface area contributed by atoms with Gasteiger partial charge >= 0.3 is 0 Å². The smallest absolute Gasteiger partial charge is 0.231 e. The molecule has 0 radical (unpaired) electrons. The lowest BCUT2D eigenvalue weighted by molar-refractivity contribution is -0.118. The van der Waals surface area contributed by atoms with E-state index in [0.29, 0.717) is 34.4 Å². The van der Waals surface area contributed by atoms with Gasteiger partial charge in [-0.2, -0.15) is 5.26 Å². The summed E-state index contributed by atoms with van der Waals surface area (Å²) in [5.41, 5.74) is 1.41. The molecule has 0 spiro atoms. The van der Waals surface area contributed by atoms with Crippen LogP contribution in [-0.2, 0) is 11.2 Å². The Hall–Kier alpha value is -2.22. The Kier molecular flexibility index (Phi) is 7.12. The molecule has 2 aromatic rings. The van der Waals surface area contributed by atoms with E-state index in [2.05, 4.69) is 6.07 Å². The number of hydrogen-bond acceptors (Lipinski definition) is 3. The van der Waals surface area contributed by atoms with Gasteiger partial charge < -0.3 is 9.64 Å². The molecule has 25 heavy (non-hydrogen) atoms. The average molecular weight is 377 g/mol. The van der Waals surface area contributed by atoms with Crippen molar-refractivity contribution in [1.82, 2.24) is 0 Å². The van der Waals surface area contributed by atoms with E-state index in [4.69, 9.17) is 33.2 Å². The molecule has 0 aliphatic carbocycles. The largest absolute Gasteiger partial charge is 0.494 e. The van der Waals surface area contributed by atoms with Crippen LogP contribution in [0, 0.1) is 11.3 Å². The highest BCUT2D eigenvalue weighted by Crippen LogP contribution is 2.24. The van der Waals surface area contributed by atoms with Gasteiger partial charge in [0.05, 0.1) is 25.5 Å². The lowest BCUT2D eigenvalue weighted by Gasteiger charge is -2.22. The molecule has 0 saturated heterocycles. The summed E-state index contributed by atoms with van der Waals surface area (Å²) >= 11 is 12.1. The fraction of sp³-hybridized carbons (Fsp3) is 0.263. The third kappa shape index (κ3) is 5.38. The Balaban J connectivity index is 2.20. The maximum Gasteiger partial charge on any atom is 0.231 e. The molecule has 6 heteroatoms. The van der Waals surface area contributed by atoms with E-state index in [1.165, 1.54) is 0 Å². The SMILES string of the molecule is CCOc1ccc(N(CCC#N)C(=O)Cc2ccc(Cl)cc2Cl)cc1. The number of benzene rings is 2. The van der Waals surface area contributed by atoms with Crippen LogP contribution in [-0.4, -0.2) is 19.1 Å². The minimum atomic E-state index is -0.136. The summed E-state index contributed by atoms with van der Waals surface area (Å²) in [6.45, 7) is 2.80. The van der Waals surface area contributed by atoms with Crippen LogP contribution in [0.3, 0.4) is 0 Å². The average Bonchev–Trinajstić information content (AvgIpc) is 2.59. The van der Waals surface area contributed by atoms with Crippen LogP contribution in [0.1, 0.15) is 18.9 Å². The predicted octanol–water partition coefficient (Wildman–Crippen LogP) is 4.88. The van der Waals surface area contributed by atoms with Crippen molar-refractivity contribution in [3.63, 3.8) is 0 Å². The van der Waals surface area contributed by atoms with E-state index in [1.54, 1.807) is 35.2 Å². The fourth-order valence-corrected chi connectivity index (χ4v) is 2.85. The number of halogens is 2. The summed E-state index contributed by atoms with van der Waals surface area (Å²) in [5, 5.41) is 9.85. The van der Waals surface area contributed by atoms with Crippen LogP contribution in [0.4, 0.5) is 5.69 Å². The summed E-state index contributed by atoms with van der Waals surface area (Å²) in [6, 6.07) is 14.4. The third-order valence-corrected chi connectivity index (χ3v) is 4.15. The molecule has 4 nitrogen and oxygen atoms in total. The van der Waals surface area contributed by atoms with Crippen molar-refractivity contribution in [2.45, 2.75) is 19.8 Å². The number of anilines is 1. The first-order valence-electron chi connectivity index (χ1n) is 7.89. The molecule has 0 heterocycles. The third-order valence-electron chi connectivity index (χ3n) is 3.56. The zero-order valence-electron chi connectivity index (χ0n) is 13.8. The van der Waals surface area contributed by atoms with Crippen LogP contribution in [0.5, 0.6) is 5.75 Å². The quantitative estimate of drug-likeness (QED) is 0.691. The minimum Gasteiger partial charge on any atom is -0.494 e. The van der Waals surface area contributed by atoms with E-state index in [1.807, 2.05) is 19.1 Å². The van der Waals surface area contributed by atoms with E-state index < -0.39 is 0 Å². The number of rotatable bonds is 7. The summed E-state index contributed by atoms with van der Waals surface area (Å²) in [7, 11) is 0. The molecule has 2 aromatic carbocycles. The summed E-state index contributed by atoms with van der Waals surface area (Å²) in [5.74, 6) is 0.600. The van der Waals surface area contributed by atoms with Crippen molar-refractivity contribution >= 4 is 34.8 Å². The van der Waals surface area contributed by atoms with Crippen molar-refractivity contribution in [1.29, 1.82) is 5.26 Å². The Morgan fingerprint density at radius 2 is 1.92 bits per heavy atom. The van der Waals surface area contributed by atoms with Gasteiger partial charge in [0.15, 0.2) is 0 Å². The zero-order chi connectivity index (χ0) is 18.2. The van der Waals surface area contributed by atoms with Crippen molar-refractivity contribution in [3.8, 4) is 11.8 Å². The Labute approximate surface area is 157 Å². The summed E-state index contributed by atoms with van der Waals surface area (Å²) in [6.07, 6.45) is 0.377. The van der Waals surface area contributed by atoms with Gasteiger partial charge in [-0.15, -0.1) is 0 Å². The van der Waals surface area contributed by atoms with Crippen molar-refractivity contribution in [2.24, 2.45) is 0 Å². The van der Waals surface area contributed by atoms with Crippen LogP contribution >= 0.6 is 23.2 Å². The van der Waals surface area contributed by atoms with E-state index in [-0.39, 0.29) is 18.7 Å². The van der Waals surface area contributed by atoms with Crippen molar-refractivity contribution in [3.05, 3.63) is 58.1 Å². The van der Waals surface area contributed by atoms with Crippen LogP contribution in [0.15, 0.2) is 42.5 Å². The maximum atomic E-state index is 12.8. The van der Waals surface area contributed by atoms with Gasteiger partial charge in [0.2, 0.25) is 5.91 Å². The second-order valence-electron chi connectivity index (χ2n) is 5.29.